The molecule has 1 amide bonds. The summed E-state index contributed by atoms with van der Waals surface area (Å²) in [6.45, 7) is 3.91. The molecule has 2 rings (SSSR count). The molecular formula is C16H24N2O3S2. The average Bonchev–Trinajstić information content (AvgIpc) is 2.78. The third kappa shape index (κ3) is 5.51. The summed E-state index contributed by atoms with van der Waals surface area (Å²) >= 11 is 1.62. The van der Waals surface area contributed by atoms with Crippen molar-refractivity contribution < 1.29 is 13.2 Å². The third-order valence-corrected chi connectivity index (χ3v) is 6.43. The molecule has 0 spiro atoms. The Morgan fingerprint density at radius 2 is 1.87 bits per heavy atom. The Bertz CT molecular complexity index is 619. The van der Waals surface area contributed by atoms with E-state index in [4.69, 9.17) is 0 Å². The molecule has 5 nitrogen and oxygen atoms in total. The molecule has 0 aromatic heterocycles. The number of hydrogen-bond acceptors (Lipinski definition) is 4. The van der Waals surface area contributed by atoms with Crippen LogP contribution >= 0.6 is 11.8 Å². The van der Waals surface area contributed by atoms with Crippen molar-refractivity contribution in [2.75, 3.05) is 32.4 Å². The van der Waals surface area contributed by atoms with Gasteiger partial charge in [-0.05, 0) is 18.9 Å². The summed E-state index contributed by atoms with van der Waals surface area (Å²) in [6, 6.07) is 10.1. The van der Waals surface area contributed by atoms with E-state index in [9.17, 15) is 13.2 Å². The molecule has 7 heteroatoms. The number of carbonyl (C=O) groups is 1. The van der Waals surface area contributed by atoms with Gasteiger partial charge in [-0.1, -0.05) is 30.3 Å². The minimum absolute atomic E-state index is 0.0984. The third-order valence-electron chi connectivity index (χ3n) is 3.93. The number of rotatable bonds is 5. The fourth-order valence-electron chi connectivity index (χ4n) is 2.57. The fraction of sp³-hybridized carbons (Fsp3) is 0.562. The quantitative estimate of drug-likeness (QED) is 0.807. The zero-order valence-corrected chi connectivity index (χ0v) is 15.3. The maximum Gasteiger partial charge on any atom is 0.235 e. The minimum atomic E-state index is -3.17. The highest BCUT2D eigenvalue weighted by Crippen LogP contribution is 2.20. The van der Waals surface area contributed by atoms with E-state index in [1.54, 1.807) is 16.7 Å². The SMILES string of the molecule is CC(SCc1ccccc1)C(=O)N1CCCN(S(C)(=O)=O)CC1. The van der Waals surface area contributed by atoms with E-state index < -0.39 is 10.0 Å². The van der Waals surface area contributed by atoms with Crippen molar-refractivity contribution >= 4 is 27.7 Å². The zero-order valence-electron chi connectivity index (χ0n) is 13.6. The van der Waals surface area contributed by atoms with Crippen molar-refractivity contribution in [2.24, 2.45) is 0 Å². The van der Waals surface area contributed by atoms with Crippen LogP contribution in [0.4, 0.5) is 0 Å². The van der Waals surface area contributed by atoms with Crippen LogP contribution in [0.1, 0.15) is 18.9 Å². The van der Waals surface area contributed by atoms with Crippen LogP contribution in [-0.4, -0.2) is 61.2 Å². The number of nitrogens with zero attached hydrogens (tertiary/aromatic N) is 2. The largest absolute Gasteiger partial charge is 0.340 e. The van der Waals surface area contributed by atoms with Gasteiger partial charge in [-0.15, -0.1) is 11.8 Å². The Kier molecular flexibility index (Phi) is 6.50. The van der Waals surface area contributed by atoms with E-state index in [-0.39, 0.29) is 11.2 Å². The Morgan fingerprint density at radius 1 is 1.17 bits per heavy atom. The van der Waals surface area contributed by atoms with Crippen molar-refractivity contribution in [3.8, 4) is 0 Å². The number of thioether (sulfide) groups is 1. The highest BCUT2D eigenvalue weighted by molar-refractivity contribution is 7.99. The van der Waals surface area contributed by atoms with Crippen molar-refractivity contribution in [3.05, 3.63) is 35.9 Å². The van der Waals surface area contributed by atoms with E-state index in [1.165, 1.54) is 16.1 Å². The van der Waals surface area contributed by atoms with Gasteiger partial charge in [0.15, 0.2) is 0 Å². The lowest BCUT2D eigenvalue weighted by Gasteiger charge is -2.24. The lowest BCUT2D eigenvalue weighted by Crippen LogP contribution is -2.40. The van der Waals surface area contributed by atoms with Crippen LogP contribution in [0.5, 0.6) is 0 Å². The molecule has 1 unspecified atom stereocenters. The van der Waals surface area contributed by atoms with E-state index in [0.717, 1.165) is 5.75 Å². The Morgan fingerprint density at radius 3 is 2.52 bits per heavy atom. The maximum atomic E-state index is 12.6. The molecule has 128 valence electrons. The summed E-state index contributed by atoms with van der Waals surface area (Å²) in [7, 11) is -3.17. The number of hydrogen-bond donors (Lipinski definition) is 0. The summed E-state index contributed by atoms with van der Waals surface area (Å²) in [5.41, 5.74) is 1.20. The van der Waals surface area contributed by atoms with Crippen molar-refractivity contribution in [1.82, 2.24) is 9.21 Å². The summed E-state index contributed by atoms with van der Waals surface area (Å²) in [5.74, 6) is 0.901. The Labute approximate surface area is 143 Å². The minimum Gasteiger partial charge on any atom is -0.340 e. The first-order valence-electron chi connectivity index (χ1n) is 7.77. The Hall–Kier alpha value is -1.05. The van der Waals surface area contributed by atoms with Crippen molar-refractivity contribution in [2.45, 2.75) is 24.3 Å². The molecule has 1 aromatic rings. The monoisotopic (exact) mass is 356 g/mol. The van der Waals surface area contributed by atoms with Crippen LogP contribution in [0.3, 0.4) is 0 Å². The van der Waals surface area contributed by atoms with Gasteiger partial charge in [0.25, 0.3) is 0 Å². The van der Waals surface area contributed by atoms with Gasteiger partial charge < -0.3 is 4.90 Å². The van der Waals surface area contributed by atoms with Gasteiger partial charge in [0.05, 0.1) is 11.5 Å². The van der Waals surface area contributed by atoms with Crippen LogP contribution in [0.25, 0.3) is 0 Å². The second-order valence-electron chi connectivity index (χ2n) is 5.78. The highest BCUT2D eigenvalue weighted by atomic mass is 32.2. The molecular weight excluding hydrogens is 332 g/mol. The molecule has 23 heavy (non-hydrogen) atoms. The highest BCUT2D eigenvalue weighted by Gasteiger charge is 2.26. The Balaban J connectivity index is 1.87. The van der Waals surface area contributed by atoms with Gasteiger partial charge in [-0.3, -0.25) is 4.79 Å². The van der Waals surface area contributed by atoms with Crippen molar-refractivity contribution in [3.63, 3.8) is 0 Å². The number of amides is 1. The van der Waals surface area contributed by atoms with E-state index in [2.05, 4.69) is 12.1 Å². The second kappa shape index (κ2) is 8.17. The number of carbonyl (C=O) groups excluding carboxylic acids is 1. The second-order valence-corrected chi connectivity index (χ2v) is 9.09. The smallest absolute Gasteiger partial charge is 0.235 e. The molecule has 0 saturated carbocycles. The molecule has 1 aliphatic heterocycles. The van der Waals surface area contributed by atoms with Crippen LogP contribution in [0.15, 0.2) is 30.3 Å². The fourth-order valence-corrected chi connectivity index (χ4v) is 4.37. The summed E-state index contributed by atoms with van der Waals surface area (Å²) in [5, 5.41) is -0.125. The molecule has 0 aliphatic carbocycles. The van der Waals surface area contributed by atoms with Gasteiger partial charge in [-0.25, -0.2) is 12.7 Å². The predicted octanol–water partition coefficient (Wildman–Crippen LogP) is 1.80. The van der Waals surface area contributed by atoms with Crippen LogP contribution < -0.4 is 0 Å². The molecule has 1 atom stereocenters. The molecule has 1 aliphatic rings. The molecule has 1 fully saturated rings. The van der Waals surface area contributed by atoms with Crippen LogP contribution in [-0.2, 0) is 20.6 Å². The molecule has 0 bridgehead atoms. The summed E-state index contributed by atoms with van der Waals surface area (Å²) in [4.78, 5) is 14.4. The molecule has 1 aromatic carbocycles. The van der Waals surface area contributed by atoms with Gasteiger partial charge >= 0.3 is 0 Å². The zero-order chi connectivity index (χ0) is 16.9. The molecule has 1 saturated heterocycles. The molecule has 1 heterocycles. The van der Waals surface area contributed by atoms with E-state index in [0.29, 0.717) is 32.6 Å². The first kappa shape index (κ1) is 18.3. The first-order chi connectivity index (χ1) is 10.9. The number of sulfonamides is 1. The topological polar surface area (TPSA) is 57.7 Å². The normalized spacial score (nSPS) is 18.4. The lowest BCUT2D eigenvalue weighted by atomic mass is 10.2. The average molecular weight is 357 g/mol. The molecule has 0 N–H and O–H groups in total. The first-order valence-corrected chi connectivity index (χ1v) is 10.7. The lowest BCUT2D eigenvalue weighted by molar-refractivity contribution is -0.130. The van der Waals surface area contributed by atoms with Crippen molar-refractivity contribution in [1.29, 1.82) is 0 Å². The van der Waals surface area contributed by atoms with Crippen LogP contribution in [0, 0.1) is 0 Å². The van der Waals surface area contributed by atoms with Gasteiger partial charge in [0.2, 0.25) is 15.9 Å². The van der Waals surface area contributed by atoms with Gasteiger partial charge in [0, 0.05) is 31.9 Å². The van der Waals surface area contributed by atoms with Crippen LogP contribution in [0.2, 0.25) is 0 Å². The number of benzene rings is 1. The van der Waals surface area contributed by atoms with Gasteiger partial charge in [0.1, 0.15) is 0 Å². The van der Waals surface area contributed by atoms with E-state index >= 15 is 0 Å². The van der Waals surface area contributed by atoms with E-state index in [1.807, 2.05) is 25.1 Å². The predicted molar refractivity (Wildman–Crippen MR) is 94.8 cm³/mol. The standard InChI is InChI=1S/C16H24N2O3S2/c1-14(22-13-15-7-4-3-5-8-15)16(19)17-9-6-10-18(12-11-17)23(2,20)21/h3-5,7-8,14H,6,9-13H2,1-2H3. The summed E-state index contributed by atoms with van der Waals surface area (Å²) in [6.07, 6.45) is 1.91. The van der Waals surface area contributed by atoms with Gasteiger partial charge in [-0.2, -0.15) is 0 Å². The maximum absolute atomic E-state index is 12.6. The molecule has 0 radical (unpaired) electrons. The summed E-state index contributed by atoms with van der Waals surface area (Å²) < 4.78 is 24.7.